The quantitative estimate of drug-likeness (QED) is 0.689. The zero-order valence-electron chi connectivity index (χ0n) is 8.52. The maximum Gasteiger partial charge on any atom is 0.239 e. The van der Waals surface area contributed by atoms with Gasteiger partial charge in [-0.3, -0.25) is 4.79 Å². The molecular formula is C9H18N2OS. The monoisotopic (exact) mass is 202 g/mol. The number of hydrogen-bond acceptors (Lipinski definition) is 3. The van der Waals surface area contributed by atoms with Gasteiger partial charge >= 0.3 is 0 Å². The molecule has 3 nitrogen and oxygen atoms in total. The van der Waals surface area contributed by atoms with Crippen molar-refractivity contribution in [3.63, 3.8) is 0 Å². The Morgan fingerprint density at radius 2 is 2.15 bits per heavy atom. The largest absolute Gasteiger partial charge is 0.368 e. The highest BCUT2D eigenvalue weighted by molar-refractivity contribution is 7.99. The molecule has 0 saturated carbocycles. The first-order valence-corrected chi connectivity index (χ1v) is 5.68. The highest BCUT2D eigenvalue weighted by atomic mass is 32.2. The molecule has 3 N–H and O–H groups in total. The number of amides is 1. The first-order chi connectivity index (χ1) is 5.96. The lowest BCUT2D eigenvalue weighted by Crippen LogP contribution is -2.66. The average molecular weight is 202 g/mol. The van der Waals surface area contributed by atoms with Gasteiger partial charge in [-0.05, 0) is 24.6 Å². The van der Waals surface area contributed by atoms with Gasteiger partial charge in [-0.15, -0.1) is 0 Å². The number of thioether (sulfide) groups is 1. The molecule has 1 unspecified atom stereocenters. The van der Waals surface area contributed by atoms with E-state index in [-0.39, 0.29) is 11.3 Å². The second kappa shape index (κ2) is 3.50. The van der Waals surface area contributed by atoms with E-state index in [2.05, 4.69) is 19.2 Å². The summed E-state index contributed by atoms with van der Waals surface area (Å²) in [5.74, 6) is 1.67. The van der Waals surface area contributed by atoms with E-state index in [1.165, 1.54) is 0 Å². The number of nitrogens with one attached hydrogen (secondary N) is 1. The minimum Gasteiger partial charge on any atom is -0.368 e. The summed E-state index contributed by atoms with van der Waals surface area (Å²) in [6.07, 6.45) is 1.03. The van der Waals surface area contributed by atoms with Gasteiger partial charge in [0.1, 0.15) is 5.54 Å². The Hall–Kier alpha value is -0.220. The molecule has 0 radical (unpaired) electrons. The summed E-state index contributed by atoms with van der Waals surface area (Å²) in [5, 5.41) is 3.11. The number of nitrogens with two attached hydrogens (primary N) is 1. The Morgan fingerprint density at radius 1 is 1.54 bits per heavy atom. The molecule has 1 amide bonds. The van der Waals surface area contributed by atoms with E-state index >= 15 is 0 Å². The Morgan fingerprint density at radius 3 is 2.46 bits per heavy atom. The molecule has 1 saturated heterocycles. The topological polar surface area (TPSA) is 55.1 Å². The summed E-state index contributed by atoms with van der Waals surface area (Å²) in [6, 6.07) is 0. The van der Waals surface area contributed by atoms with Crippen molar-refractivity contribution in [1.29, 1.82) is 0 Å². The number of rotatable bonds is 2. The third kappa shape index (κ3) is 1.57. The van der Waals surface area contributed by atoms with Crippen LogP contribution in [0.2, 0.25) is 0 Å². The highest BCUT2D eigenvalue weighted by Crippen LogP contribution is 2.41. The van der Waals surface area contributed by atoms with Gasteiger partial charge < -0.3 is 11.1 Å². The molecule has 13 heavy (non-hydrogen) atoms. The van der Waals surface area contributed by atoms with Gasteiger partial charge in [0, 0.05) is 5.75 Å². The van der Waals surface area contributed by atoms with Crippen LogP contribution in [0.4, 0.5) is 0 Å². The first kappa shape index (κ1) is 10.9. The summed E-state index contributed by atoms with van der Waals surface area (Å²) < 4.78 is 0. The van der Waals surface area contributed by atoms with Crippen molar-refractivity contribution in [3.8, 4) is 0 Å². The van der Waals surface area contributed by atoms with Crippen LogP contribution in [0.1, 0.15) is 20.3 Å². The summed E-state index contributed by atoms with van der Waals surface area (Å²) in [7, 11) is 1.82. The molecule has 1 fully saturated rings. The molecule has 76 valence electrons. The van der Waals surface area contributed by atoms with Crippen molar-refractivity contribution < 1.29 is 4.79 Å². The molecule has 0 aromatic rings. The van der Waals surface area contributed by atoms with Crippen LogP contribution < -0.4 is 11.1 Å². The van der Waals surface area contributed by atoms with Gasteiger partial charge in [-0.1, -0.05) is 13.8 Å². The summed E-state index contributed by atoms with van der Waals surface area (Å²) in [5.41, 5.74) is 4.90. The van der Waals surface area contributed by atoms with Crippen molar-refractivity contribution in [1.82, 2.24) is 5.32 Å². The molecule has 1 rings (SSSR count). The summed E-state index contributed by atoms with van der Waals surface area (Å²) in [4.78, 5) is 11.5. The minimum absolute atomic E-state index is 0.0428. The van der Waals surface area contributed by atoms with Gasteiger partial charge in [0.15, 0.2) is 0 Å². The van der Waals surface area contributed by atoms with Crippen LogP contribution in [0.25, 0.3) is 0 Å². The third-order valence-corrected chi connectivity index (χ3v) is 4.32. The van der Waals surface area contributed by atoms with E-state index in [4.69, 9.17) is 5.73 Å². The second-order valence-electron chi connectivity index (χ2n) is 4.21. The lowest BCUT2D eigenvalue weighted by molar-refractivity contribution is -0.128. The molecule has 0 aromatic heterocycles. The number of likely N-dealkylation sites (N-methyl/N-ethyl adjacent to an activating group) is 1. The molecule has 0 bridgehead atoms. The van der Waals surface area contributed by atoms with E-state index in [0.29, 0.717) is 0 Å². The molecule has 1 heterocycles. The Bertz CT molecular complexity index is 218. The summed E-state index contributed by atoms with van der Waals surface area (Å²) >= 11 is 1.79. The van der Waals surface area contributed by atoms with Gasteiger partial charge in [0.2, 0.25) is 5.91 Å². The standard InChI is InChI=1S/C9H18N2OS/c1-8(2)4-5-13-6-9(8,11-3)7(10)12/h11H,4-6H2,1-3H3,(H2,10,12). The Balaban J connectivity index is 2.99. The van der Waals surface area contributed by atoms with Crippen LogP contribution >= 0.6 is 11.8 Å². The predicted octanol–water partition coefficient (Wildman–Crippen LogP) is 0.593. The predicted molar refractivity (Wildman–Crippen MR) is 56.7 cm³/mol. The zero-order chi connectivity index (χ0) is 10.1. The minimum atomic E-state index is -0.532. The van der Waals surface area contributed by atoms with Crippen molar-refractivity contribution in [3.05, 3.63) is 0 Å². The van der Waals surface area contributed by atoms with Crippen molar-refractivity contribution in [2.75, 3.05) is 18.6 Å². The number of primary amides is 1. The lowest BCUT2D eigenvalue weighted by atomic mass is 9.70. The molecular weight excluding hydrogens is 184 g/mol. The van der Waals surface area contributed by atoms with Gasteiger partial charge in [-0.25, -0.2) is 0 Å². The maximum atomic E-state index is 11.5. The fourth-order valence-corrected chi connectivity index (χ4v) is 3.68. The van der Waals surface area contributed by atoms with Crippen LogP contribution in [0.15, 0.2) is 0 Å². The molecule has 4 heteroatoms. The highest BCUT2D eigenvalue weighted by Gasteiger charge is 2.50. The molecule has 1 atom stereocenters. The van der Waals surface area contributed by atoms with Crippen molar-refractivity contribution in [2.24, 2.45) is 11.1 Å². The fourth-order valence-electron chi connectivity index (χ4n) is 1.90. The average Bonchev–Trinajstić information content (AvgIpc) is 2.03. The smallest absolute Gasteiger partial charge is 0.239 e. The van der Waals surface area contributed by atoms with Crippen LogP contribution in [0.3, 0.4) is 0 Å². The molecule has 0 aliphatic carbocycles. The number of carbonyl (C=O) groups is 1. The molecule has 1 aliphatic heterocycles. The van der Waals surface area contributed by atoms with Crippen molar-refractivity contribution >= 4 is 17.7 Å². The molecule has 1 aliphatic rings. The summed E-state index contributed by atoms with van der Waals surface area (Å²) in [6.45, 7) is 4.21. The van der Waals surface area contributed by atoms with E-state index < -0.39 is 5.54 Å². The van der Waals surface area contributed by atoms with Gasteiger partial charge in [0.05, 0.1) is 0 Å². The lowest BCUT2D eigenvalue weighted by Gasteiger charge is -2.47. The first-order valence-electron chi connectivity index (χ1n) is 4.53. The zero-order valence-corrected chi connectivity index (χ0v) is 9.33. The van der Waals surface area contributed by atoms with E-state index in [1.807, 2.05) is 7.05 Å². The number of carbonyl (C=O) groups excluding carboxylic acids is 1. The molecule has 0 spiro atoms. The van der Waals surface area contributed by atoms with Crippen LogP contribution in [-0.4, -0.2) is 30.0 Å². The van der Waals surface area contributed by atoms with E-state index in [1.54, 1.807) is 11.8 Å². The normalized spacial score (nSPS) is 32.8. The van der Waals surface area contributed by atoms with Crippen LogP contribution in [0, 0.1) is 5.41 Å². The molecule has 0 aromatic carbocycles. The maximum absolute atomic E-state index is 11.5. The van der Waals surface area contributed by atoms with Crippen LogP contribution in [-0.2, 0) is 4.79 Å². The van der Waals surface area contributed by atoms with Crippen LogP contribution in [0.5, 0.6) is 0 Å². The van der Waals surface area contributed by atoms with E-state index in [9.17, 15) is 4.79 Å². The number of hydrogen-bond donors (Lipinski definition) is 2. The Kier molecular flexibility index (Phi) is 2.92. The van der Waals surface area contributed by atoms with Gasteiger partial charge in [0.25, 0.3) is 0 Å². The SMILES string of the molecule is CNC1(C(N)=O)CSCCC1(C)C. The fraction of sp³-hybridized carbons (Fsp3) is 0.889. The van der Waals surface area contributed by atoms with Gasteiger partial charge in [-0.2, -0.15) is 11.8 Å². The Labute approximate surface area is 83.8 Å². The van der Waals surface area contributed by atoms with E-state index in [0.717, 1.165) is 17.9 Å². The van der Waals surface area contributed by atoms with Crippen molar-refractivity contribution in [2.45, 2.75) is 25.8 Å². The second-order valence-corrected chi connectivity index (χ2v) is 5.31. The third-order valence-electron chi connectivity index (χ3n) is 3.19.